The van der Waals surface area contributed by atoms with E-state index in [0.29, 0.717) is 48.8 Å². The minimum Gasteiger partial charge on any atom is -0.497 e. The Balaban J connectivity index is 1.38. The van der Waals surface area contributed by atoms with Crippen LogP contribution in [0.5, 0.6) is 17.2 Å². The average molecular weight is 540 g/mol. The molecule has 4 aromatic rings. The maximum atomic E-state index is 13.8. The second kappa shape index (κ2) is 11.6. The summed E-state index contributed by atoms with van der Waals surface area (Å²) < 4.78 is 18.1. The first-order valence-corrected chi connectivity index (χ1v) is 13.2. The number of carbonyl (C=O) groups excluding carboxylic acids is 2. The van der Waals surface area contributed by atoms with E-state index in [2.05, 4.69) is 4.57 Å². The summed E-state index contributed by atoms with van der Waals surface area (Å²) in [4.78, 5) is 30.7. The number of hydrogen-bond acceptors (Lipinski definition) is 5. The Morgan fingerprint density at radius 2 is 1.23 bits per heavy atom. The van der Waals surface area contributed by atoms with Gasteiger partial charge in [0.05, 0.1) is 38.2 Å². The Morgan fingerprint density at radius 3 is 1.80 bits per heavy atom. The molecule has 3 aromatic carbocycles. The van der Waals surface area contributed by atoms with E-state index in [-0.39, 0.29) is 11.8 Å². The zero-order valence-electron chi connectivity index (χ0n) is 23.2. The lowest BCUT2D eigenvalue weighted by atomic mass is 10.1. The number of piperazine rings is 1. The second-order valence-electron chi connectivity index (χ2n) is 9.58. The normalized spacial score (nSPS) is 13.2. The van der Waals surface area contributed by atoms with E-state index in [1.165, 1.54) is 7.11 Å². The molecule has 0 aliphatic carbocycles. The fraction of sp³-hybridized carbons (Fsp3) is 0.250. The lowest BCUT2D eigenvalue weighted by Crippen LogP contribution is -2.50. The molecule has 0 bridgehead atoms. The van der Waals surface area contributed by atoms with Gasteiger partial charge in [0, 0.05) is 43.6 Å². The number of benzene rings is 3. The largest absolute Gasteiger partial charge is 0.497 e. The van der Waals surface area contributed by atoms with Gasteiger partial charge in [0.15, 0.2) is 0 Å². The van der Waals surface area contributed by atoms with Crippen molar-refractivity contribution in [2.24, 2.45) is 0 Å². The number of hydrogen-bond donors (Lipinski definition) is 0. The fourth-order valence-corrected chi connectivity index (χ4v) is 5.14. The topological polar surface area (TPSA) is 73.2 Å². The maximum absolute atomic E-state index is 13.8. The van der Waals surface area contributed by atoms with Crippen molar-refractivity contribution in [2.75, 3.05) is 47.5 Å². The van der Waals surface area contributed by atoms with Crippen molar-refractivity contribution >= 4 is 11.8 Å². The smallest absolute Gasteiger partial charge is 0.257 e. The molecule has 1 saturated heterocycles. The van der Waals surface area contributed by atoms with Crippen molar-refractivity contribution in [3.63, 3.8) is 0 Å². The molecule has 206 valence electrons. The van der Waals surface area contributed by atoms with Crippen molar-refractivity contribution in [2.45, 2.75) is 6.92 Å². The van der Waals surface area contributed by atoms with Crippen LogP contribution in [0.2, 0.25) is 0 Å². The van der Waals surface area contributed by atoms with Crippen molar-refractivity contribution in [1.29, 1.82) is 0 Å². The molecule has 2 amide bonds. The third-order valence-electron chi connectivity index (χ3n) is 7.37. The highest BCUT2D eigenvalue weighted by atomic mass is 16.5. The Bertz CT molecular complexity index is 1500. The van der Waals surface area contributed by atoms with E-state index in [9.17, 15) is 9.59 Å². The zero-order valence-corrected chi connectivity index (χ0v) is 23.2. The lowest BCUT2D eigenvalue weighted by Gasteiger charge is -2.35. The molecule has 1 aliphatic heterocycles. The van der Waals surface area contributed by atoms with Crippen LogP contribution < -0.4 is 14.2 Å². The summed E-state index contributed by atoms with van der Waals surface area (Å²) in [5, 5.41) is 0. The van der Waals surface area contributed by atoms with Crippen molar-refractivity contribution in [3.8, 4) is 34.2 Å². The molecular weight excluding hydrogens is 506 g/mol. The standard InChI is InChI=1S/C32H33N3O5/c1-22-28(21-29(23-10-12-25(38-2)13-11-23)35(22)24-8-6-5-7-9-24)32(37)34-18-16-33(17-19-34)31(36)27-15-14-26(39-3)20-30(27)40-4/h5-15,20-21H,16-19H2,1-4H3. The highest BCUT2D eigenvalue weighted by molar-refractivity contribution is 5.99. The minimum absolute atomic E-state index is 0.0453. The Labute approximate surface area is 234 Å². The molecule has 0 saturated carbocycles. The van der Waals surface area contributed by atoms with Gasteiger partial charge in [-0.1, -0.05) is 18.2 Å². The molecule has 1 fully saturated rings. The van der Waals surface area contributed by atoms with Crippen molar-refractivity contribution in [3.05, 3.63) is 95.7 Å². The number of nitrogens with zero attached hydrogens (tertiary/aromatic N) is 3. The number of methoxy groups -OCH3 is 3. The summed E-state index contributed by atoms with van der Waals surface area (Å²) in [6.07, 6.45) is 0. The van der Waals surface area contributed by atoms with Crippen molar-refractivity contribution in [1.82, 2.24) is 14.4 Å². The van der Waals surface area contributed by atoms with E-state index in [1.807, 2.05) is 72.5 Å². The summed E-state index contributed by atoms with van der Waals surface area (Å²) in [5.41, 5.74) is 4.87. The van der Waals surface area contributed by atoms with Crippen LogP contribution in [0.25, 0.3) is 16.9 Å². The van der Waals surface area contributed by atoms with Gasteiger partial charge < -0.3 is 28.6 Å². The summed E-state index contributed by atoms with van der Waals surface area (Å²) in [6.45, 7) is 3.73. The highest BCUT2D eigenvalue weighted by Gasteiger charge is 2.29. The van der Waals surface area contributed by atoms with Crippen LogP contribution in [0.1, 0.15) is 26.4 Å². The van der Waals surface area contributed by atoms with Crippen LogP contribution in [-0.4, -0.2) is 73.7 Å². The monoisotopic (exact) mass is 539 g/mol. The first kappa shape index (κ1) is 26.9. The van der Waals surface area contributed by atoms with Crippen LogP contribution >= 0.6 is 0 Å². The van der Waals surface area contributed by atoms with Gasteiger partial charge in [0.25, 0.3) is 11.8 Å². The third kappa shape index (κ3) is 5.12. The molecule has 1 aliphatic rings. The number of aromatic nitrogens is 1. The molecule has 0 radical (unpaired) electrons. The summed E-state index contributed by atoms with van der Waals surface area (Å²) >= 11 is 0. The van der Waals surface area contributed by atoms with Gasteiger partial charge in [0.1, 0.15) is 17.2 Å². The molecule has 8 nitrogen and oxygen atoms in total. The van der Waals surface area contributed by atoms with E-state index < -0.39 is 0 Å². The molecule has 0 spiro atoms. The molecule has 0 unspecified atom stereocenters. The SMILES string of the molecule is COc1ccc(-c2cc(C(=O)N3CCN(C(=O)c4ccc(OC)cc4OC)CC3)c(C)n2-c2ccccc2)cc1. The van der Waals surface area contributed by atoms with Crippen LogP contribution in [0.3, 0.4) is 0 Å². The summed E-state index contributed by atoms with van der Waals surface area (Å²) in [7, 11) is 4.75. The predicted molar refractivity (Wildman–Crippen MR) is 154 cm³/mol. The van der Waals surface area contributed by atoms with Gasteiger partial charge in [0.2, 0.25) is 0 Å². The van der Waals surface area contributed by atoms with Crippen molar-refractivity contribution < 1.29 is 23.8 Å². The zero-order chi connectivity index (χ0) is 28.2. The van der Waals surface area contributed by atoms with Crippen LogP contribution in [-0.2, 0) is 0 Å². The number of ether oxygens (including phenoxy) is 3. The first-order valence-electron chi connectivity index (χ1n) is 13.2. The van der Waals surface area contributed by atoms with Crippen LogP contribution in [0.4, 0.5) is 0 Å². The Morgan fingerprint density at radius 1 is 0.650 bits per heavy atom. The molecule has 0 N–H and O–H groups in total. The Kier molecular flexibility index (Phi) is 7.77. The van der Waals surface area contributed by atoms with E-state index >= 15 is 0 Å². The molecule has 40 heavy (non-hydrogen) atoms. The molecule has 5 rings (SSSR count). The fourth-order valence-electron chi connectivity index (χ4n) is 5.14. The number of para-hydroxylation sites is 1. The van der Waals surface area contributed by atoms with E-state index in [4.69, 9.17) is 14.2 Å². The molecular formula is C32H33N3O5. The van der Waals surface area contributed by atoms with Gasteiger partial charge >= 0.3 is 0 Å². The summed E-state index contributed by atoms with van der Waals surface area (Å²) in [5.74, 6) is 1.69. The molecule has 1 aromatic heterocycles. The summed E-state index contributed by atoms with van der Waals surface area (Å²) in [6, 6.07) is 25.0. The average Bonchev–Trinajstić information content (AvgIpc) is 3.37. The second-order valence-corrected chi connectivity index (χ2v) is 9.58. The quantitative estimate of drug-likeness (QED) is 0.328. The molecule has 8 heteroatoms. The van der Waals surface area contributed by atoms with E-state index in [0.717, 1.165) is 28.4 Å². The van der Waals surface area contributed by atoms with Gasteiger partial charge in [-0.3, -0.25) is 9.59 Å². The minimum atomic E-state index is -0.125. The van der Waals surface area contributed by atoms with Crippen LogP contribution in [0.15, 0.2) is 78.9 Å². The highest BCUT2D eigenvalue weighted by Crippen LogP contribution is 2.32. The van der Waals surface area contributed by atoms with E-state index in [1.54, 1.807) is 37.3 Å². The third-order valence-corrected chi connectivity index (χ3v) is 7.37. The van der Waals surface area contributed by atoms with Gasteiger partial charge in [-0.2, -0.15) is 0 Å². The van der Waals surface area contributed by atoms with Gasteiger partial charge in [-0.25, -0.2) is 0 Å². The molecule has 0 atom stereocenters. The molecule has 2 heterocycles. The van der Waals surface area contributed by atoms with Gasteiger partial charge in [-0.15, -0.1) is 0 Å². The van der Waals surface area contributed by atoms with Gasteiger partial charge in [-0.05, 0) is 67.1 Å². The number of rotatable bonds is 7. The van der Waals surface area contributed by atoms with Crippen LogP contribution in [0, 0.1) is 6.92 Å². The number of amides is 2. The maximum Gasteiger partial charge on any atom is 0.257 e. The predicted octanol–water partition coefficient (Wildman–Crippen LogP) is 5.08. The number of carbonyl (C=O) groups is 2. The Hall–Kier alpha value is -4.72. The lowest BCUT2D eigenvalue weighted by molar-refractivity contribution is 0.0533. The first-order chi connectivity index (χ1) is 19.4.